The quantitative estimate of drug-likeness (QED) is 0.827. The molecular formula is C10H8F2N2O. The fraction of sp³-hybridized carbons (Fsp3) is 0.100. The molecule has 0 saturated heterocycles. The van der Waals surface area contributed by atoms with Crippen LogP contribution in [-0.4, -0.2) is 11.6 Å². The van der Waals surface area contributed by atoms with Crippen LogP contribution in [0.2, 0.25) is 0 Å². The van der Waals surface area contributed by atoms with Crippen LogP contribution in [0.15, 0.2) is 30.5 Å². The number of hydrogen-bond acceptors (Lipinski definition) is 3. The molecule has 2 rings (SSSR count). The number of ether oxygens (including phenoxy) is 1. The third kappa shape index (κ3) is 1.81. The van der Waals surface area contributed by atoms with Crippen molar-refractivity contribution in [1.82, 2.24) is 4.98 Å². The lowest BCUT2D eigenvalue weighted by atomic mass is 10.1. The minimum atomic E-state index is -2.87. The average molecular weight is 210 g/mol. The van der Waals surface area contributed by atoms with Crippen LogP contribution in [0.4, 0.5) is 14.6 Å². The number of nitrogen functional groups attached to an aromatic ring is 1. The van der Waals surface area contributed by atoms with Crippen LogP contribution in [0.1, 0.15) is 0 Å². The monoisotopic (exact) mass is 210 g/mol. The molecule has 5 heteroatoms. The second kappa shape index (κ2) is 3.68. The van der Waals surface area contributed by atoms with E-state index in [1.165, 1.54) is 12.3 Å². The van der Waals surface area contributed by atoms with Gasteiger partial charge in [-0.15, -0.1) is 0 Å². The summed E-state index contributed by atoms with van der Waals surface area (Å²) in [4.78, 5) is 3.83. The highest BCUT2D eigenvalue weighted by molar-refractivity contribution is 5.95. The van der Waals surface area contributed by atoms with E-state index in [4.69, 9.17) is 5.73 Å². The highest BCUT2D eigenvalue weighted by atomic mass is 19.3. The average Bonchev–Trinajstić information content (AvgIpc) is 2.17. The normalized spacial score (nSPS) is 10.9. The number of alkyl halides is 2. The summed E-state index contributed by atoms with van der Waals surface area (Å²) in [5.74, 6) is 0.233. The SMILES string of the molecule is Nc1nccc2cccc(OC(F)F)c12. The summed E-state index contributed by atoms with van der Waals surface area (Å²) in [6.07, 6.45) is 1.52. The number of nitrogens with zero attached hydrogens (tertiary/aromatic N) is 1. The number of anilines is 1. The summed E-state index contributed by atoms with van der Waals surface area (Å²) in [6, 6.07) is 6.50. The molecule has 0 aliphatic rings. The lowest BCUT2D eigenvalue weighted by molar-refractivity contribution is -0.0487. The van der Waals surface area contributed by atoms with Gasteiger partial charge in [0.05, 0.1) is 5.39 Å². The molecule has 2 N–H and O–H groups in total. The molecule has 0 unspecified atom stereocenters. The molecule has 1 aromatic carbocycles. The van der Waals surface area contributed by atoms with Gasteiger partial charge in [0, 0.05) is 6.20 Å². The molecule has 0 bridgehead atoms. The van der Waals surface area contributed by atoms with Crippen LogP contribution < -0.4 is 10.5 Å². The summed E-state index contributed by atoms with van der Waals surface area (Å²) < 4.78 is 28.5. The Morgan fingerprint density at radius 3 is 2.80 bits per heavy atom. The highest BCUT2D eigenvalue weighted by Crippen LogP contribution is 2.29. The van der Waals surface area contributed by atoms with Crippen molar-refractivity contribution in [2.45, 2.75) is 6.61 Å². The van der Waals surface area contributed by atoms with E-state index in [1.807, 2.05) is 0 Å². The van der Waals surface area contributed by atoms with E-state index in [2.05, 4.69) is 9.72 Å². The van der Waals surface area contributed by atoms with E-state index < -0.39 is 6.61 Å². The van der Waals surface area contributed by atoms with Gasteiger partial charge in [0.25, 0.3) is 0 Å². The number of rotatable bonds is 2. The van der Waals surface area contributed by atoms with Gasteiger partial charge in [-0.2, -0.15) is 8.78 Å². The van der Waals surface area contributed by atoms with E-state index in [0.29, 0.717) is 5.39 Å². The summed E-state index contributed by atoms with van der Waals surface area (Å²) in [5.41, 5.74) is 5.60. The predicted molar refractivity (Wildman–Crippen MR) is 52.8 cm³/mol. The van der Waals surface area contributed by atoms with Crippen molar-refractivity contribution < 1.29 is 13.5 Å². The molecule has 1 heterocycles. The minimum absolute atomic E-state index is 0.0492. The summed E-state index contributed by atoms with van der Waals surface area (Å²) in [7, 11) is 0. The Labute approximate surface area is 84.5 Å². The first-order valence-corrected chi connectivity index (χ1v) is 4.26. The first-order valence-electron chi connectivity index (χ1n) is 4.26. The van der Waals surface area contributed by atoms with Gasteiger partial charge in [-0.05, 0) is 17.5 Å². The largest absolute Gasteiger partial charge is 0.434 e. The van der Waals surface area contributed by atoms with Crippen molar-refractivity contribution in [3.05, 3.63) is 30.5 Å². The highest BCUT2D eigenvalue weighted by Gasteiger charge is 2.10. The number of nitrogens with two attached hydrogens (primary N) is 1. The van der Waals surface area contributed by atoms with Gasteiger partial charge < -0.3 is 10.5 Å². The third-order valence-corrected chi connectivity index (χ3v) is 2.00. The smallest absolute Gasteiger partial charge is 0.387 e. The van der Waals surface area contributed by atoms with Crippen molar-refractivity contribution >= 4 is 16.6 Å². The second-order valence-electron chi connectivity index (χ2n) is 2.93. The zero-order valence-electron chi connectivity index (χ0n) is 7.65. The minimum Gasteiger partial charge on any atom is -0.434 e. The first-order chi connectivity index (χ1) is 7.18. The first kappa shape index (κ1) is 9.64. The van der Waals surface area contributed by atoms with Crippen molar-refractivity contribution in [3.8, 4) is 5.75 Å². The molecule has 0 aliphatic carbocycles. The molecular weight excluding hydrogens is 202 g/mol. The number of halogens is 2. The maximum Gasteiger partial charge on any atom is 0.387 e. The van der Waals surface area contributed by atoms with Crippen LogP contribution in [-0.2, 0) is 0 Å². The maximum atomic E-state index is 12.1. The van der Waals surface area contributed by atoms with Crippen molar-refractivity contribution in [2.24, 2.45) is 0 Å². The molecule has 78 valence electrons. The van der Waals surface area contributed by atoms with Crippen molar-refractivity contribution in [3.63, 3.8) is 0 Å². The zero-order chi connectivity index (χ0) is 10.8. The van der Waals surface area contributed by atoms with E-state index in [9.17, 15) is 8.78 Å². The Morgan fingerprint density at radius 2 is 2.07 bits per heavy atom. The van der Waals surface area contributed by atoms with E-state index in [1.54, 1.807) is 18.2 Å². The summed E-state index contributed by atoms with van der Waals surface area (Å²) >= 11 is 0. The third-order valence-electron chi connectivity index (χ3n) is 2.00. The second-order valence-corrected chi connectivity index (χ2v) is 2.93. The Bertz CT molecular complexity index is 483. The summed E-state index contributed by atoms with van der Waals surface area (Å²) in [5, 5.41) is 1.14. The Kier molecular flexibility index (Phi) is 2.37. The molecule has 0 fully saturated rings. The van der Waals surface area contributed by atoms with Crippen LogP contribution in [0.3, 0.4) is 0 Å². The van der Waals surface area contributed by atoms with Crippen LogP contribution >= 0.6 is 0 Å². The van der Waals surface area contributed by atoms with Crippen LogP contribution in [0, 0.1) is 0 Å². The number of aromatic nitrogens is 1. The molecule has 0 spiro atoms. The van der Waals surface area contributed by atoms with Gasteiger partial charge in [0.1, 0.15) is 11.6 Å². The molecule has 1 aromatic heterocycles. The number of hydrogen-bond donors (Lipinski definition) is 1. The molecule has 0 saturated carbocycles. The lowest BCUT2D eigenvalue weighted by Crippen LogP contribution is -2.03. The molecule has 15 heavy (non-hydrogen) atoms. The van der Waals surface area contributed by atoms with E-state index in [0.717, 1.165) is 5.39 Å². The van der Waals surface area contributed by atoms with Gasteiger partial charge in [-0.3, -0.25) is 0 Å². The molecule has 0 radical (unpaired) electrons. The molecule has 3 nitrogen and oxygen atoms in total. The lowest BCUT2D eigenvalue weighted by Gasteiger charge is -2.08. The molecule has 2 aromatic rings. The predicted octanol–water partition coefficient (Wildman–Crippen LogP) is 2.42. The van der Waals surface area contributed by atoms with E-state index >= 15 is 0 Å². The zero-order valence-corrected chi connectivity index (χ0v) is 7.65. The van der Waals surface area contributed by atoms with Gasteiger partial charge in [0.2, 0.25) is 0 Å². The number of benzene rings is 1. The number of fused-ring (bicyclic) bond motifs is 1. The number of pyridine rings is 1. The van der Waals surface area contributed by atoms with Crippen molar-refractivity contribution in [1.29, 1.82) is 0 Å². The van der Waals surface area contributed by atoms with Crippen LogP contribution in [0.25, 0.3) is 10.8 Å². The Balaban J connectivity index is 2.63. The van der Waals surface area contributed by atoms with Crippen molar-refractivity contribution in [2.75, 3.05) is 5.73 Å². The van der Waals surface area contributed by atoms with E-state index in [-0.39, 0.29) is 11.6 Å². The fourth-order valence-corrected chi connectivity index (χ4v) is 1.42. The van der Waals surface area contributed by atoms with Crippen LogP contribution in [0.5, 0.6) is 5.75 Å². The molecule has 0 aliphatic heterocycles. The topological polar surface area (TPSA) is 48.1 Å². The summed E-state index contributed by atoms with van der Waals surface area (Å²) in [6.45, 7) is -2.87. The Hall–Kier alpha value is -1.91. The molecule has 0 atom stereocenters. The fourth-order valence-electron chi connectivity index (χ4n) is 1.42. The van der Waals surface area contributed by atoms with Gasteiger partial charge in [0.15, 0.2) is 0 Å². The standard InChI is InChI=1S/C10H8F2N2O/c11-10(12)15-7-3-1-2-6-4-5-14-9(13)8(6)7/h1-5,10H,(H2,13,14). The van der Waals surface area contributed by atoms with Gasteiger partial charge >= 0.3 is 6.61 Å². The Morgan fingerprint density at radius 1 is 1.27 bits per heavy atom. The molecule has 0 amide bonds. The maximum absolute atomic E-state index is 12.1. The van der Waals surface area contributed by atoms with Gasteiger partial charge in [-0.25, -0.2) is 4.98 Å². The van der Waals surface area contributed by atoms with Gasteiger partial charge in [-0.1, -0.05) is 12.1 Å².